The van der Waals surface area contributed by atoms with Gasteiger partial charge in [-0.3, -0.25) is 0 Å². The first-order chi connectivity index (χ1) is 9.06. The van der Waals surface area contributed by atoms with E-state index in [1.54, 1.807) is 0 Å². The number of carboxylic acids is 1. The first kappa shape index (κ1) is 13.7. The van der Waals surface area contributed by atoms with Gasteiger partial charge < -0.3 is 15.3 Å². The minimum absolute atomic E-state index is 0.0640. The van der Waals surface area contributed by atoms with Crippen LogP contribution in [0.1, 0.15) is 30.1 Å². The smallest absolute Gasteiger partial charge is 0.339 e. The van der Waals surface area contributed by atoms with E-state index in [0.29, 0.717) is 0 Å². The number of carboxylic acid groups (broad SMARTS) is 1. The molecule has 1 unspecified atom stereocenters. The van der Waals surface area contributed by atoms with Crippen LogP contribution < -0.4 is 5.32 Å². The number of aromatic carboxylic acids is 1. The molecule has 0 saturated carbocycles. The van der Waals surface area contributed by atoms with Gasteiger partial charge in [0.05, 0.1) is 6.20 Å². The maximum Gasteiger partial charge on any atom is 0.339 e. The third-order valence-electron chi connectivity index (χ3n) is 3.20. The molecule has 0 bridgehead atoms. The maximum atomic E-state index is 13.0. The van der Waals surface area contributed by atoms with Gasteiger partial charge >= 0.3 is 5.97 Å². The number of anilines is 1. The fraction of sp³-hybridized carbons (Fsp3) is 0.538. The Morgan fingerprint density at radius 1 is 1.58 bits per heavy atom. The van der Waals surface area contributed by atoms with Crippen molar-refractivity contribution in [1.82, 2.24) is 9.88 Å². The van der Waals surface area contributed by atoms with E-state index < -0.39 is 11.8 Å². The molecule has 104 valence electrons. The van der Waals surface area contributed by atoms with Crippen LogP contribution in [0.4, 0.5) is 10.2 Å². The molecule has 0 aromatic carbocycles. The third kappa shape index (κ3) is 3.64. The van der Waals surface area contributed by atoms with Gasteiger partial charge in [-0.2, -0.15) is 0 Å². The summed E-state index contributed by atoms with van der Waals surface area (Å²) >= 11 is 0. The van der Waals surface area contributed by atoms with Crippen molar-refractivity contribution in [2.75, 3.05) is 25.0 Å². The largest absolute Gasteiger partial charge is 0.478 e. The number of hydrogen-bond acceptors (Lipinski definition) is 4. The third-order valence-corrected chi connectivity index (χ3v) is 3.20. The van der Waals surface area contributed by atoms with Crippen molar-refractivity contribution in [1.29, 1.82) is 0 Å². The van der Waals surface area contributed by atoms with Gasteiger partial charge in [-0.05, 0) is 38.9 Å². The molecule has 1 aliphatic rings. The molecule has 0 aliphatic carbocycles. The second kappa shape index (κ2) is 5.97. The average molecular weight is 267 g/mol. The molecule has 1 aromatic heterocycles. The molecule has 1 aliphatic heterocycles. The molecule has 0 amide bonds. The summed E-state index contributed by atoms with van der Waals surface area (Å²) in [6.07, 6.45) is 3.45. The topological polar surface area (TPSA) is 65.5 Å². The molecule has 1 aromatic rings. The molecule has 5 nitrogen and oxygen atoms in total. The summed E-state index contributed by atoms with van der Waals surface area (Å²) in [5, 5.41) is 12.1. The average Bonchev–Trinajstić information content (AvgIpc) is 2.83. The Hall–Kier alpha value is -1.69. The first-order valence-electron chi connectivity index (χ1n) is 6.44. The highest BCUT2D eigenvalue weighted by atomic mass is 19.1. The summed E-state index contributed by atoms with van der Waals surface area (Å²) in [7, 11) is 0. The van der Waals surface area contributed by atoms with Gasteiger partial charge in [-0.15, -0.1) is 0 Å². The van der Waals surface area contributed by atoms with Crippen molar-refractivity contribution < 1.29 is 14.3 Å². The van der Waals surface area contributed by atoms with E-state index in [2.05, 4.69) is 15.2 Å². The van der Waals surface area contributed by atoms with Crippen LogP contribution in [0.15, 0.2) is 12.3 Å². The monoisotopic (exact) mass is 267 g/mol. The molecule has 1 fully saturated rings. The Balaban J connectivity index is 2.03. The van der Waals surface area contributed by atoms with Crippen molar-refractivity contribution >= 4 is 11.8 Å². The van der Waals surface area contributed by atoms with E-state index >= 15 is 0 Å². The predicted molar refractivity (Wildman–Crippen MR) is 69.9 cm³/mol. The lowest BCUT2D eigenvalue weighted by atomic mass is 10.2. The van der Waals surface area contributed by atoms with Crippen LogP contribution in [0.2, 0.25) is 0 Å². The summed E-state index contributed by atoms with van der Waals surface area (Å²) < 4.78 is 13.0. The van der Waals surface area contributed by atoms with Crippen LogP contribution in [0, 0.1) is 5.82 Å². The molecular weight excluding hydrogens is 249 g/mol. The van der Waals surface area contributed by atoms with Crippen molar-refractivity contribution in [3.8, 4) is 0 Å². The van der Waals surface area contributed by atoms with E-state index in [-0.39, 0.29) is 17.4 Å². The van der Waals surface area contributed by atoms with Gasteiger partial charge in [-0.25, -0.2) is 14.2 Å². The van der Waals surface area contributed by atoms with Crippen molar-refractivity contribution in [2.45, 2.75) is 25.8 Å². The van der Waals surface area contributed by atoms with Gasteiger partial charge in [0, 0.05) is 12.6 Å². The van der Waals surface area contributed by atoms with E-state index in [4.69, 9.17) is 5.11 Å². The fourth-order valence-corrected chi connectivity index (χ4v) is 2.35. The van der Waals surface area contributed by atoms with Crippen LogP contribution in [0.5, 0.6) is 0 Å². The van der Waals surface area contributed by atoms with Crippen LogP contribution >= 0.6 is 0 Å². The number of hydrogen-bond donors (Lipinski definition) is 2. The first-order valence-corrected chi connectivity index (χ1v) is 6.44. The van der Waals surface area contributed by atoms with Crippen LogP contribution in [0.3, 0.4) is 0 Å². The van der Waals surface area contributed by atoms with Crippen molar-refractivity contribution in [3.05, 3.63) is 23.6 Å². The summed E-state index contributed by atoms with van der Waals surface area (Å²) in [4.78, 5) is 17.2. The molecule has 6 heteroatoms. The summed E-state index contributed by atoms with van der Waals surface area (Å²) in [6, 6.07) is 1.05. The molecular formula is C13H18FN3O2. The van der Waals surface area contributed by atoms with Crippen LogP contribution in [-0.2, 0) is 0 Å². The van der Waals surface area contributed by atoms with Gasteiger partial charge in [0.25, 0.3) is 0 Å². The zero-order valence-corrected chi connectivity index (χ0v) is 10.9. The highest BCUT2D eigenvalue weighted by Gasteiger charge is 2.18. The van der Waals surface area contributed by atoms with E-state index in [1.165, 1.54) is 12.8 Å². The van der Waals surface area contributed by atoms with E-state index in [1.807, 2.05) is 6.92 Å². The second-order valence-corrected chi connectivity index (χ2v) is 4.91. The van der Waals surface area contributed by atoms with Crippen molar-refractivity contribution in [3.63, 3.8) is 0 Å². The summed E-state index contributed by atoms with van der Waals surface area (Å²) in [5.74, 6) is -1.60. The minimum Gasteiger partial charge on any atom is -0.478 e. The van der Waals surface area contributed by atoms with Gasteiger partial charge in [-0.1, -0.05) is 0 Å². The predicted octanol–water partition coefficient (Wildman–Crippen LogP) is 1.82. The zero-order valence-electron chi connectivity index (χ0n) is 10.9. The van der Waals surface area contributed by atoms with Gasteiger partial charge in [0.15, 0.2) is 0 Å². The number of nitrogens with zero attached hydrogens (tertiary/aromatic N) is 2. The van der Waals surface area contributed by atoms with Crippen LogP contribution in [-0.4, -0.2) is 46.6 Å². The van der Waals surface area contributed by atoms with Crippen molar-refractivity contribution in [2.24, 2.45) is 0 Å². The van der Waals surface area contributed by atoms with E-state index in [0.717, 1.165) is 31.9 Å². The van der Waals surface area contributed by atoms with Gasteiger partial charge in [0.2, 0.25) is 0 Å². The lowest BCUT2D eigenvalue weighted by molar-refractivity contribution is 0.0697. The number of aromatic nitrogens is 1. The molecule has 1 atom stereocenters. The number of nitrogens with one attached hydrogen (secondary N) is 1. The normalized spacial score (nSPS) is 17.4. The van der Waals surface area contributed by atoms with Crippen LogP contribution in [0.25, 0.3) is 0 Å². The molecule has 2 rings (SSSR count). The number of likely N-dealkylation sites (tertiary alicyclic amines) is 1. The Bertz CT molecular complexity index is 461. The fourth-order valence-electron chi connectivity index (χ4n) is 2.35. The summed E-state index contributed by atoms with van der Waals surface area (Å²) in [5.41, 5.74) is -0.131. The second-order valence-electron chi connectivity index (χ2n) is 4.91. The molecule has 1 saturated heterocycles. The SMILES string of the molecule is CC(CN1CCCC1)Nc1ncc(F)cc1C(=O)O. The zero-order chi connectivity index (χ0) is 13.8. The molecule has 2 heterocycles. The Morgan fingerprint density at radius 3 is 2.89 bits per heavy atom. The highest BCUT2D eigenvalue weighted by Crippen LogP contribution is 2.16. The van der Waals surface area contributed by atoms with E-state index in [9.17, 15) is 9.18 Å². The number of rotatable bonds is 5. The maximum absolute atomic E-state index is 13.0. The Morgan fingerprint density at radius 2 is 2.26 bits per heavy atom. The molecule has 19 heavy (non-hydrogen) atoms. The molecule has 0 radical (unpaired) electrons. The summed E-state index contributed by atoms with van der Waals surface area (Å²) in [6.45, 7) is 4.95. The standard InChI is InChI=1S/C13H18FN3O2/c1-9(8-17-4-2-3-5-17)16-12-11(13(18)19)6-10(14)7-15-12/h6-7,9H,2-5,8H2,1H3,(H,15,16)(H,18,19). The number of carbonyl (C=O) groups is 1. The minimum atomic E-state index is -1.18. The number of pyridine rings is 1. The Labute approximate surface area is 111 Å². The quantitative estimate of drug-likeness (QED) is 0.852. The molecule has 0 spiro atoms. The number of halogens is 1. The Kier molecular flexibility index (Phi) is 4.31. The lowest BCUT2D eigenvalue weighted by Gasteiger charge is -2.22. The van der Waals surface area contributed by atoms with Gasteiger partial charge in [0.1, 0.15) is 17.2 Å². The highest BCUT2D eigenvalue weighted by molar-refractivity contribution is 5.93. The lowest BCUT2D eigenvalue weighted by Crippen LogP contribution is -2.33. The molecule has 2 N–H and O–H groups in total.